The molecule has 1 heterocycles. The fraction of sp³-hybridized carbons (Fsp3) is 0.868. The van der Waals surface area contributed by atoms with Crippen molar-refractivity contribution in [3.8, 4) is 0 Å². The molecule has 0 spiro atoms. The number of ether oxygens (including phenoxy) is 2. The summed E-state index contributed by atoms with van der Waals surface area (Å²) in [6, 6.07) is 0. The van der Waals surface area contributed by atoms with E-state index in [2.05, 4.69) is 37.2 Å². The molecule has 0 aliphatic rings. The highest BCUT2D eigenvalue weighted by Gasteiger charge is 2.15. The number of unbranched alkanes of at least 4 members (excludes halogenated alkanes) is 8. The van der Waals surface area contributed by atoms with Gasteiger partial charge in [-0.05, 0) is 76.5 Å². The lowest BCUT2D eigenvalue weighted by molar-refractivity contribution is -0.296. The molecule has 0 fully saturated rings. The van der Waals surface area contributed by atoms with E-state index in [0.29, 0.717) is 44.5 Å². The minimum atomic E-state index is -0.103. The topological polar surface area (TPSA) is 88.9 Å². The maximum atomic E-state index is 12.7. The van der Waals surface area contributed by atoms with Gasteiger partial charge in [-0.3, -0.25) is 9.59 Å². The second-order valence-electron chi connectivity index (χ2n) is 13.5. The van der Waals surface area contributed by atoms with Crippen LogP contribution in [-0.2, 0) is 35.4 Å². The third kappa shape index (κ3) is 24.3. The summed E-state index contributed by atoms with van der Waals surface area (Å²) in [5.74, 6) is 2.07. The van der Waals surface area contributed by atoms with Gasteiger partial charge in [0, 0.05) is 31.8 Å². The van der Waals surface area contributed by atoms with Gasteiger partial charge in [-0.15, -0.1) is 0 Å². The van der Waals surface area contributed by atoms with Gasteiger partial charge in [0.05, 0.1) is 19.8 Å². The number of hydrogen-bond donors (Lipinski definition) is 0. The number of aryl methyl sites for hydroxylation is 2. The van der Waals surface area contributed by atoms with Crippen LogP contribution in [0, 0.1) is 18.8 Å². The van der Waals surface area contributed by atoms with E-state index in [0.717, 1.165) is 95.8 Å². The number of esters is 2. The predicted molar refractivity (Wildman–Crippen MR) is 186 cm³/mol. The Labute approximate surface area is 282 Å². The second-order valence-corrected chi connectivity index (χ2v) is 13.5. The lowest BCUT2D eigenvalue weighted by atomic mass is 9.99. The monoisotopic (exact) mass is 651 g/mol. The van der Waals surface area contributed by atoms with Gasteiger partial charge in [0.2, 0.25) is 0 Å². The highest BCUT2D eigenvalue weighted by molar-refractivity contribution is 5.69. The largest absolute Gasteiger partial charge is 0.466 e. The molecule has 3 atom stereocenters. The zero-order chi connectivity index (χ0) is 33.7. The Hall–Kier alpha value is -1.93. The number of carbonyl (C=O) groups excluding carboxylic acids is 2. The molecule has 268 valence electrons. The maximum absolute atomic E-state index is 12.7. The van der Waals surface area contributed by atoms with Crippen LogP contribution in [0.4, 0.5) is 0 Å². The molecular formula is C38H70N2O6. The Balaban J connectivity index is 2.24. The van der Waals surface area contributed by atoms with E-state index in [1.54, 1.807) is 6.20 Å². The molecule has 46 heavy (non-hydrogen) atoms. The molecule has 0 bridgehead atoms. The SMILES string of the molecule is CCCCC(C)CCOOCCCCCCC(CCCCCCOC(=O)CCC(C)CCCC)OC(=O)CCCn1ccnc1C. The van der Waals surface area contributed by atoms with Crippen LogP contribution < -0.4 is 0 Å². The van der Waals surface area contributed by atoms with Gasteiger partial charge in [0.25, 0.3) is 0 Å². The van der Waals surface area contributed by atoms with Crippen molar-refractivity contribution in [3.63, 3.8) is 0 Å². The van der Waals surface area contributed by atoms with Crippen molar-refractivity contribution in [2.45, 2.75) is 182 Å². The normalized spacial score (nSPS) is 13.4. The third-order valence-electron chi connectivity index (χ3n) is 8.91. The first-order valence-electron chi connectivity index (χ1n) is 18.9. The molecule has 0 amide bonds. The summed E-state index contributed by atoms with van der Waals surface area (Å²) in [5, 5.41) is 0. The van der Waals surface area contributed by atoms with Gasteiger partial charge in [-0.25, -0.2) is 14.8 Å². The molecular weight excluding hydrogens is 580 g/mol. The van der Waals surface area contributed by atoms with Crippen molar-refractivity contribution in [3.05, 3.63) is 18.2 Å². The Morgan fingerprint density at radius 3 is 1.91 bits per heavy atom. The van der Waals surface area contributed by atoms with Crippen LogP contribution in [0.15, 0.2) is 12.4 Å². The van der Waals surface area contributed by atoms with Gasteiger partial charge >= 0.3 is 11.9 Å². The van der Waals surface area contributed by atoms with Crippen LogP contribution >= 0.6 is 0 Å². The molecule has 1 rings (SSSR count). The lowest BCUT2D eigenvalue weighted by Crippen LogP contribution is -2.19. The summed E-state index contributed by atoms with van der Waals surface area (Å²) in [6.07, 6.45) is 24.7. The summed E-state index contributed by atoms with van der Waals surface area (Å²) < 4.78 is 13.5. The van der Waals surface area contributed by atoms with Gasteiger partial charge in [0.15, 0.2) is 0 Å². The van der Waals surface area contributed by atoms with Gasteiger partial charge in [-0.1, -0.05) is 91.9 Å². The van der Waals surface area contributed by atoms with E-state index in [4.69, 9.17) is 19.2 Å². The average Bonchev–Trinajstić information content (AvgIpc) is 3.45. The first kappa shape index (κ1) is 42.1. The molecule has 0 radical (unpaired) electrons. The molecule has 0 aromatic carbocycles. The summed E-state index contributed by atoms with van der Waals surface area (Å²) >= 11 is 0. The van der Waals surface area contributed by atoms with Crippen molar-refractivity contribution in [1.29, 1.82) is 0 Å². The smallest absolute Gasteiger partial charge is 0.306 e. The summed E-state index contributed by atoms with van der Waals surface area (Å²) in [4.78, 5) is 39.7. The lowest BCUT2D eigenvalue weighted by Gasteiger charge is -2.18. The molecule has 0 N–H and O–H groups in total. The first-order valence-corrected chi connectivity index (χ1v) is 18.9. The van der Waals surface area contributed by atoms with Crippen molar-refractivity contribution in [2.75, 3.05) is 19.8 Å². The minimum absolute atomic E-state index is 0.0377. The molecule has 8 nitrogen and oxygen atoms in total. The van der Waals surface area contributed by atoms with Crippen molar-refractivity contribution in [2.24, 2.45) is 11.8 Å². The fourth-order valence-electron chi connectivity index (χ4n) is 5.64. The van der Waals surface area contributed by atoms with Gasteiger partial charge in [0.1, 0.15) is 11.9 Å². The van der Waals surface area contributed by atoms with Crippen LogP contribution in [0.25, 0.3) is 0 Å². The van der Waals surface area contributed by atoms with E-state index < -0.39 is 0 Å². The van der Waals surface area contributed by atoms with E-state index >= 15 is 0 Å². The number of hydrogen-bond acceptors (Lipinski definition) is 7. The summed E-state index contributed by atoms with van der Waals surface area (Å²) in [6.45, 7) is 13.5. The third-order valence-corrected chi connectivity index (χ3v) is 8.91. The Kier molecular flexibility index (Phi) is 26.7. The highest BCUT2D eigenvalue weighted by Crippen LogP contribution is 2.18. The first-order chi connectivity index (χ1) is 22.3. The predicted octanol–water partition coefficient (Wildman–Crippen LogP) is 10.1. The van der Waals surface area contributed by atoms with E-state index in [1.807, 2.05) is 13.1 Å². The zero-order valence-corrected chi connectivity index (χ0v) is 30.4. The van der Waals surface area contributed by atoms with Crippen LogP contribution in [0.5, 0.6) is 0 Å². The molecule has 8 heteroatoms. The Bertz CT molecular complexity index is 860. The number of carbonyl (C=O) groups is 2. The van der Waals surface area contributed by atoms with E-state index in [-0.39, 0.29) is 18.0 Å². The Morgan fingerprint density at radius 2 is 1.28 bits per heavy atom. The van der Waals surface area contributed by atoms with Crippen molar-refractivity contribution < 1.29 is 28.8 Å². The van der Waals surface area contributed by atoms with Crippen molar-refractivity contribution in [1.82, 2.24) is 9.55 Å². The molecule has 0 aliphatic heterocycles. The van der Waals surface area contributed by atoms with Crippen LogP contribution in [0.2, 0.25) is 0 Å². The molecule has 1 aromatic heterocycles. The van der Waals surface area contributed by atoms with E-state index in [9.17, 15) is 9.59 Å². The standard InChI is InChI=1S/C38H70N2O6/c1-6-8-19-33(3)24-25-37(41)43-30-16-12-10-14-21-36(46-38(42)23-18-28-40-29-27-39-35(40)5)22-15-11-13-17-31-44-45-32-26-34(4)20-9-7-2/h27,29,33-34,36H,6-26,28,30-32H2,1-5H3. The molecule has 3 unspecified atom stereocenters. The van der Waals surface area contributed by atoms with Crippen LogP contribution in [0.1, 0.15) is 168 Å². The number of aromatic nitrogens is 2. The number of rotatable bonds is 32. The Morgan fingerprint density at radius 1 is 0.674 bits per heavy atom. The summed E-state index contributed by atoms with van der Waals surface area (Å²) in [5.41, 5.74) is 0. The minimum Gasteiger partial charge on any atom is -0.466 e. The average molecular weight is 651 g/mol. The summed E-state index contributed by atoms with van der Waals surface area (Å²) in [7, 11) is 0. The van der Waals surface area contributed by atoms with Crippen molar-refractivity contribution >= 4 is 11.9 Å². The molecule has 0 saturated heterocycles. The number of imidazole rings is 1. The van der Waals surface area contributed by atoms with Crippen LogP contribution in [0.3, 0.4) is 0 Å². The van der Waals surface area contributed by atoms with E-state index in [1.165, 1.54) is 38.5 Å². The fourth-order valence-corrected chi connectivity index (χ4v) is 5.64. The van der Waals surface area contributed by atoms with Gasteiger partial charge in [-0.2, -0.15) is 0 Å². The number of nitrogens with zero attached hydrogens (tertiary/aromatic N) is 2. The molecule has 0 saturated carbocycles. The molecule has 1 aromatic rings. The van der Waals surface area contributed by atoms with Crippen LogP contribution in [-0.4, -0.2) is 47.4 Å². The highest BCUT2D eigenvalue weighted by atomic mass is 17.2. The second kappa shape index (κ2) is 29.2. The maximum Gasteiger partial charge on any atom is 0.306 e. The quantitative estimate of drug-likeness (QED) is 0.0332. The van der Waals surface area contributed by atoms with Gasteiger partial charge < -0.3 is 14.0 Å². The molecule has 0 aliphatic carbocycles. The zero-order valence-electron chi connectivity index (χ0n) is 30.4.